The van der Waals surface area contributed by atoms with Crippen LogP contribution in [0.5, 0.6) is 0 Å². The zero-order valence-corrected chi connectivity index (χ0v) is 9.32. The summed E-state index contributed by atoms with van der Waals surface area (Å²) in [4.78, 5) is 4.53. The molecule has 0 bridgehead atoms. The summed E-state index contributed by atoms with van der Waals surface area (Å²) >= 11 is 0. The van der Waals surface area contributed by atoms with Gasteiger partial charge in [0.15, 0.2) is 0 Å². The molecule has 13 heavy (non-hydrogen) atoms. The van der Waals surface area contributed by atoms with Crippen molar-refractivity contribution in [3.8, 4) is 0 Å². The van der Waals surface area contributed by atoms with E-state index in [-0.39, 0.29) is 22.5 Å². The molecule has 1 aromatic rings. The van der Waals surface area contributed by atoms with Crippen LogP contribution in [0, 0.1) is 0 Å². The van der Waals surface area contributed by atoms with Crippen LogP contribution in [0.15, 0.2) is 29.4 Å². The highest BCUT2D eigenvalue weighted by Gasteiger charge is 2.19. The van der Waals surface area contributed by atoms with Gasteiger partial charge in [-0.1, -0.05) is 6.07 Å². The molecule has 1 saturated carbocycles. The number of hydrogen-bond acceptors (Lipinski definition) is 1. The zero-order valence-electron chi connectivity index (χ0n) is 7.60. The predicted molar refractivity (Wildman–Crippen MR) is 57.9 cm³/mol. The third kappa shape index (κ3) is 3.32. The number of pyridine rings is 1. The second-order valence-corrected chi connectivity index (χ2v) is 3.03. The number of rotatable bonds is 1. The molecule has 3 nitrogen and oxygen atoms in total. The van der Waals surface area contributed by atoms with E-state index in [9.17, 15) is 0 Å². The number of aromatic nitrogens is 1. The summed E-state index contributed by atoms with van der Waals surface area (Å²) in [5, 5.41) is 0. The SMILES string of the molecule is Br.Cn1ccccc1=NC1CC1.O. The highest BCUT2D eigenvalue weighted by atomic mass is 79.9. The Bertz CT molecular complexity index is 317. The standard InChI is InChI=1S/C9H12N2.BrH.H2O/c1-11-7-3-2-4-9(11)10-8-5-6-8;;/h2-4,7-8H,5-6H2,1H3;1H;1H2. The first-order chi connectivity index (χ1) is 5.36. The summed E-state index contributed by atoms with van der Waals surface area (Å²) in [7, 11) is 2.03. The third-order valence-electron chi connectivity index (χ3n) is 1.89. The lowest BCUT2D eigenvalue weighted by Gasteiger charge is -1.96. The summed E-state index contributed by atoms with van der Waals surface area (Å²) in [6.07, 6.45) is 4.57. The van der Waals surface area contributed by atoms with Crippen molar-refractivity contribution >= 4 is 17.0 Å². The van der Waals surface area contributed by atoms with Crippen LogP contribution in [0.25, 0.3) is 0 Å². The number of halogens is 1. The Morgan fingerprint density at radius 2 is 2.08 bits per heavy atom. The minimum absolute atomic E-state index is 0. The minimum Gasteiger partial charge on any atom is -0.412 e. The fraction of sp³-hybridized carbons (Fsp3) is 0.444. The summed E-state index contributed by atoms with van der Waals surface area (Å²) in [5.74, 6) is 0. The Labute approximate surface area is 88.2 Å². The first kappa shape index (κ1) is 12.4. The Balaban J connectivity index is 0.000000720. The lowest BCUT2D eigenvalue weighted by molar-refractivity contribution is 0.800. The van der Waals surface area contributed by atoms with Crippen LogP contribution < -0.4 is 5.49 Å². The van der Waals surface area contributed by atoms with Gasteiger partial charge in [-0.3, -0.25) is 4.99 Å². The highest BCUT2D eigenvalue weighted by molar-refractivity contribution is 8.93. The monoisotopic (exact) mass is 246 g/mol. The van der Waals surface area contributed by atoms with Crippen molar-refractivity contribution in [2.24, 2.45) is 12.0 Å². The van der Waals surface area contributed by atoms with Crippen LogP contribution in [0.4, 0.5) is 0 Å². The van der Waals surface area contributed by atoms with Gasteiger partial charge in [-0.25, -0.2) is 0 Å². The average Bonchev–Trinajstić information content (AvgIpc) is 2.78. The van der Waals surface area contributed by atoms with Gasteiger partial charge in [-0.2, -0.15) is 0 Å². The molecule has 1 aromatic heterocycles. The average molecular weight is 247 g/mol. The van der Waals surface area contributed by atoms with Crippen molar-refractivity contribution in [1.29, 1.82) is 0 Å². The van der Waals surface area contributed by atoms with E-state index in [2.05, 4.69) is 15.6 Å². The lowest BCUT2D eigenvalue weighted by atomic mass is 10.5. The molecule has 0 saturated heterocycles. The summed E-state index contributed by atoms with van der Waals surface area (Å²) in [6.45, 7) is 0. The van der Waals surface area contributed by atoms with Crippen molar-refractivity contribution < 1.29 is 5.48 Å². The minimum atomic E-state index is 0. The normalized spacial score (nSPS) is 15.9. The second-order valence-electron chi connectivity index (χ2n) is 3.03. The molecular formula is C9H15BrN2O. The van der Waals surface area contributed by atoms with E-state index < -0.39 is 0 Å². The molecule has 1 heterocycles. The summed E-state index contributed by atoms with van der Waals surface area (Å²) in [6, 6.07) is 6.72. The van der Waals surface area contributed by atoms with Crippen LogP contribution in [0.3, 0.4) is 0 Å². The van der Waals surface area contributed by atoms with E-state index in [1.165, 1.54) is 12.8 Å². The van der Waals surface area contributed by atoms with Crippen LogP contribution in [-0.2, 0) is 7.05 Å². The number of aryl methyl sites for hydroxylation is 1. The van der Waals surface area contributed by atoms with Crippen molar-refractivity contribution in [3.05, 3.63) is 29.9 Å². The Hall–Kier alpha value is -0.610. The fourth-order valence-corrected chi connectivity index (χ4v) is 1.04. The van der Waals surface area contributed by atoms with Gasteiger partial charge in [0.25, 0.3) is 0 Å². The molecule has 0 radical (unpaired) electrons. The Morgan fingerprint density at radius 1 is 1.38 bits per heavy atom. The lowest BCUT2D eigenvalue weighted by Crippen LogP contribution is -2.16. The van der Waals surface area contributed by atoms with Gasteiger partial charge in [-0.15, -0.1) is 17.0 Å². The smallest absolute Gasteiger partial charge is 0.127 e. The maximum atomic E-state index is 4.53. The van der Waals surface area contributed by atoms with Crippen LogP contribution in [0.1, 0.15) is 12.8 Å². The molecule has 1 aliphatic rings. The van der Waals surface area contributed by atoms with Gasteiger partial charge in [-0.05, 0) is 25.0 Å². The molecule has 1 aliphatic carbocycles. The van der Waals surface area contributed by atoms with E-state index >= 15 is 0 Å². The Morgan fingerprint density at radius 3 is 2.62 bits per heavy atom. The summed E-state index contributed by atoms with van der Waals surface area (Å²) in [5.41, 5.74) is 1.09. The molecule has 0 aromatic carbocycles. The van der Waals surface area contributed by atoms with Gasteiger partial charge in [0, 0.05) is 13.2 Å². The molecule has 0 atom stereocenters. The molecule has 0 amide bonds. The van der Waals surface area contributed by atoms with Gasteiger partial charge in [0.1, 0.15) is 5.49 Å². The zero-order chi connectivity index (χ0) is 7.68. The molecule has 2 N–H and O–H groups in total. The summed E-state index contributed by atoms with van der Waals surface area (Å²) < 4.78 is 2.05. The molecular weight excluding hydrogens is 232 g/mol. The van der Waals surface area contributed by atoms with E-state index in [1.807, 2.05) is 25.4 Å². The van der Waals surface area contributed by atoms with Crippen LogP contribution in [0.2, 0.25) is 0 Å². The molecule has 0 aliphatic heterocycles. The highest BCUT2D eigenvalue weighted by Crippen LogP contribution is 2.22. The molecule has 74 valence electrons. The van der Waals surface area contributed by atoms with Crippen molar-refractivity contribution in [1.82, 2.24) is 4.57 Å². The maximum absolute atomic E-state index is 4.53. The van der Waals surface area contributed by atoms with Gasteiger partial charge in [0.05, 0.1) is 6.04 Å². The van der Waals surface area contributed by atoms with E-state index in [0.29, 0.717) is 6.04 Å². The van der Waals surface area contributed by atoms with Crippen molar-refractivity contribution in [3.63, 3.8) is 0 Å². The van der Waals surface area contributed by atoms with Crippen molar-refractivity contribution in [2.75, 3.05) is 0 Å². The fourth-order valence-electron chi connectivity index (χ4n) is 1.04. The molecule has 0 unspecified atom stereocenters. The number of nitrogens with zero attached hydrogens (tertiary/aromatic N) is 2. The van der Waals surface area contributed by atoms with Crippen LogP contribution >= 0.6 is 17.0 Å². The van der Waals surface area contributed by atoms with E-state index in [4.69, 9.17) is 0 Å². The van der Waals surface area contributed by atoms with Crippen LogP contribution in [-0.4, -0.2) is 16.1 Å². The molecule has 2 rings (SSSR count). The first-order valence-electron chi connectivity index (χ1n) is 4.02. The van der Waals surface area contributed by atoms with Gasteiger partial charge < -0.3 is 10.0 Å². The molecule has 4 heteroatoms. The Kier molecular flexibility index (Phi) is 4.95. The van der Waals surface area contributed by atoms with E-state index in [1.54, 1.807) is 0 Å². The molecule has 0 spiro atoms. The first-order valence-corrected chi connectivity index (χ1v) is 4.02. The number of hydrogen-bond donors (Lipinski definition) is 0. The predicted octanol–water partition coefficient (Wildman–Crippen LogP) is 0.841. The van der Waals surface area contributed by atoms with Gasteiger partial charge in [0.2, 0.25) is 0 Å². The topological polar surface area (TPSA) is 48.8 Å². The van der Waals surface area contributed by atoms with Gasteiger partial charge >= 0.3 is 0 Å². The molecule has 1 fully saturated rings. The second kappa shape index (κ2) is 5.19. The van der Waals surface area contributed by atoms with E-state index in [0.717, 1.165) is 5.49 Å². The quantitative estimate of drug-likeness (QED) is 0.706. The largest absolute Gasteiger partial charge is 0.412 e. The van der Waals surface area contributed by atoms with Crippen molar-refractivity contribution in [2.45, 2.75) is 18.9 Å². The maximum Gasteiger partial charge on any atom is 0.127 e. The third-order valence-corrected chi connectivity index (χ3v) is 1.89.